The van der Waals surface area contributed by atoms with Crippen LogP contribution in [0.25, 0.3) is 0 Å². The zero-order valence-electron chi connectivity index (χ0n) is 11.3. The molecule has 0 radical (unpaired) electrons. The van der Waals surface area contributed by atoms with Gasteiger partial charge < -0.3 is 9.80 Å². The monoisotopic (exact) mass is 246 g/mol. The summed E-state index contributed by atoms with van der Waals surface area (Å²) in [6, 6.07) is 2.62. The van der Waals surface area contributed by atoms with Gasteiger partial charge in [0.05, 0.1) is 0 Å². The summed E-state index contributed by atoms with van der Waals surface area (Å²) in [6.07, 6.45) is 5.76. The van der Waals surface area contributed by atoms with Gasteiger partial charge in [-0.2, -0.15) is 0 Å². The third-order valence-corrected chi connectivity index (χ3v) is 4.31. The highest BCUT2D eigenvalue weighted by molar-refractivity contribution is 5.33. The molecule has 98 valence electrons. The summed E-state index contributed by atoms with van der Waals surface area (Å²) in [5.74, 6) is 1.73. The van der Waals surface area contributed by atoms with E-state index < -0.39 is 0 Å². The van der Waals surface area contributed by atoms with E-state index in [-0.39, 0.29) is 0 Å². The summed E-state index contributed by atoms with van der Waals surface area (Å²) in [5, 5.41) is 0. The van der Waals surface area contributed by atoms with E-state index in [1.165, 1.54) is 32.4 Å². The Morgan fingerprint density at radius 3 is 3.00 bits per heavy atom. The van der Waals surface area contributed by atoms with Gasteiger partial charge in [0.15, 0.2) is 0 Å². The van der Waals surface area contributed by atoms with Gasteiger partial charge in [-0.1, -0.05) is 0 Å². The van der Waals surface area contributed by atoms with E-state index in [1.54, 1.807) is 0 Å². The number of hydrogen-bond donors (Lipinski definition) is 0. The molecule has 0 unspecified atom stereocenters. The molecule has 18 heavy (non-hydrogen) atoms. The highest BCUT2D eigenvalue weighted by atomic mass is 15.3. The molecule has 0 aliphatic carbocycles. The van der Waals surface area contributed by atoms with E-state index in [1.807, 2.05) is 19.2 Å². The fraction of sp³-hybridized carbons (Fsp3) is 0.714. The van der Waals surface area contributed by atoms with Crippen molar-refractivity contribution >= 4 is 5.95 Å². The Balaban J connectivity index is 1.83. The highest BCUT2D eigenvalue weighted by Gasteiger charge is 2.35. The third-order valence-electron chi connectivity index (χ3n) is 4.31. The van der Waals surface area contributed by atoms with Crippen molar-refractivity contribution in [3.05, 3.63) is 18.0 Å². The molecule has 1 aromatic rings. The Hall–Kier alpha value is -1.16. The van der Waals surface area contributed by atoms with Crippen molar-refractivity contribution < 1.29 is 0 Å². The summed E-state index contributed by atoms with van der Waals surface area (Å²) in [5.41, 5.74) is 1.06. The number of hydrogen-bond acceptors (Lipinski definition) is 4. The standard InChI is InChI=1S/C14H22N4/c1-11-5-7-15-14(16-11)18-8-3-4-12-10-17(2)9-6-13(12)18/h5,7,12-13H,3-4,6,8-10H2,1-2H3/t12-,13-/m0/s1. The topological polar surface area (TPSA) is 32.3 Å². The molecule has 1 aromatic heterocycles. The summed E-state index contributed by atoms with van der Waals surface area (Å²) < 4.78 is 0. The number of aryl methyl sites for hydroxylation is 1. The quantitative estimate of drug-likeness (QED) is 0.755. The number of rotatable bonds is 1. The van der Waals surface area contributed by atoms with Crippen molar-refractivity contribution in [3.8, 4) is 0 Å². The van der Waals surface area contributed by atoms with E-state index in [0.717, 1.165) is 24.1 Å². The van der Waals surface area contributed by atoms with Gasteiger partial charge in [-0.15, -0.1) is 0 Å². The first kappa shape index (κ1) is 11.9. The van der Waals surface area contributed by atoms with Gasteiger partial charge in [0, 0.05) is 31.0 Å². The predicted molar refractivity (Wildman–Crippen MR) is 72.7 cm³/mol. The molecule has 2 saturated heterocycles. The number of anilines is 1. The third kappa shape index (κ3) is 2.21. The van der Waals surface area contributed by atoms with E-state index in [2.05, 4.69) is 26.8 Å². The average molecular weight is 246 g/mol. The predicted octanol–water partition coefficient (Wildman–Crippen LogP) is 1.71. The van der Waals surface area contributed by atoms with Crippen LogP contribution < -0.4 is 4.90 Å². The van der Waals surface area contributed by atoms with Crippen LogP contribution in [0.5, 0.6) is 0 Å². The molecular weight excluding hydrogens is 224 g/mol. The van der Waals surface area contributed by atoms with Crippen LogP contribution in [-0.2, 0) is 0 Å². The van der Waals surface area contributed by atoms with Gasteiger partial charge in [-0.3, -0.25) is 0 Å². The molecule has 4 nitrogen and oxygen atoms in total. The Kier molecular flexibility index (Phi) is 3.20. The lowest BCUT2D eigenvalue weighted by Gasteiger charge is -2.46. The van der Waals surface area contributed by atoms with Crippen molar-refractivity contribution in [2.45, 2.75) is 32.2 Å². The number of likely N-dealkylation sites (tertiary alicyclic amines) is 1. The normalized spacial score (nSPS) is 29.1. The minimum atomic E-state index is 0.650. The van der Waals surface area contributed by atoms with Crippen molar-refractivity contribution in [2.75, 3.05) is 31.6 Å². The summed E-state index contributed by atoms with van der Waals surface area (Å²) in [6.45, 7) is 5.59. The summed E-state index contributed by atoms with van der Waals surface area (Å²) in [7, 11) is 2.23. The number of nitrogens with zero attached hydrogens (tertiary/aromatic N) is 4. The second-order valence-corrected chi connectivity index (χ2v) is 5.71. The second kappa shape index (κ2) is 4.84. The largest absolute Gasteiger partial charge is 0.337 e. The molecular formula is C14H22N4. The van der Waals surface area contributed by atoms with Gasteiger partial charge in [-0.05, 0) is 51.8 Å². The Morgan fingerprint density at radius 2 is 2.17 bits per heavy atom. The Labute approximate surface area is 109 Å². The van der Waals surface area contributed by atoms with Crippen LogP contribution in [0, 0.1) is 12.8 Å². The first-order valence-corrected chi connectivity index (χ1v) is 6.99. The van der Waals surface area contributed by atoms with Gasteiger partial charge in [0.1, 0.15) is 0 Å². The molecule has 2 atom stereocenters. The molecule has 0 saturated carbocycles. The van der Waals surface area contributed by atoms with Crippen molar-refractivity contribution in [3.63, 3.8) is 0 Å². The second-order valence-electron chi connectivity index (χ2n) is 5.71. The fourth-order valence-corrected chi connectivity index (χ4v) is 3.41. The van der Waals surface area contributed by atoms with E-state index in [0.29, 0.717) is 6.04 Å². The van der Waals surface area contributed by atoms with Crippen molar-refractivity contribution in [1.29, 1.82) is 0 Å². The zero-order valence-corrected chi connectivity index (χ0v) is 11.3. The maximum atomic E-state index is 4.61. The molecule has 3 rings (SSSR count). The van der Waals surface area contributed by atoms with Crippen LogP contribution in [0.4, 0.5) is 5.95 Å². The maximum Gasteiger partial charge on any atom is 0.225 e. The van der Waals surface area contributed by atoms with Gasteiger partial charge in [0.2, 0.25) is 5.95 Å². The molecule has 0 amide bonds. The lowest BCUT2D eigenvalue weighted by molar-refractivity contribution is 0.153. The molecule has 0 spiro atoms. The van der Waals surface area contributed by atoms with Gasteiger partial charge in [0.25, 0.3) is 0 Å². The molecule has 2 aliphatic heterocycles. The van der Waals surface area contributed by atoms with Crippen molar-refractivity contribution in [2.24, 2.45) is 5.92 Å². The molecule has 2 aliphatic rings. The first-order chi connectivity index (χ1) is 8.74. The van der Waals surface area contributed by atoms with Crippen LogP contribution in [0.15, 0.2) is 12.3 Å². The minimum Gasteiger partial charge on any atom is -0.337 e. The Morgan fingerprint density at radius 1 is 1.28 bits per heavy atom. The summed E-state index contributed by atoms with van der Waals surface area (Å²) in [4.78, 5) is 14.0. The maximum absolute atomic E-state index is 4.61. The molecule has 2 fully saturated rings. The van der Waals surface area contributed by atoms with Crippen LogP contribution in [0.1, 0.15) is 25.0 Å². The van der Waals surface area contributed by atoms with Crippen LogP contribution in [0.3, 0.4) is 0 Å². The first-order valence-electron chi connectivity index (χ1n) is 6.99. The fourth-order valence-electron chi connectivity index (χ4n) is 3.41. The van der Waals surface area contributed by atoms with Crippen LogP contribution >= 0.6 is 0 Å². The van der Waals surface area contributed by atoms with E-state index in [4.69, 9.17) is 0 Å². The van der Waals surface area contributed by atoms with Gasteiger partial charge in [-0.25, -0.2) is 9.97 Å². The minimum absolute atomic E-state index is 0.650. The number of aromatic nitrogens is 2. The SMILES string of the molecule is Cc1ccnc(N2CCC[C@H]3CN(C)CC[C@@H]32)n1. The molecule has 4 heteroatoms. The van der Waals surface area contributed by atoms with Crippen LogP contribution in [-0.4, -0.2) is 47.6 Å². The lowest BCUT2D eigenvalue weighted by atomic mass is 9.84. The summed E-state index contributed by atoms with van der Waals surface area (Å²) >= 11 is 0. The highest BCUT2D eigenvalue weighted by Crippen LogP contribution is 2.32. The van der Waals surface area contributed by atoms with Gasteiger partial charge >= 0.3 is 0 Å². The zero-order chi connectivity index (χ0) is 12.5. The molecule has 0 N–H and O–H groups in total. The number of fused-ring (bicyclic) bond motifs is 1. The van der Waals surface area contributed by atoms with E-state index >= 15 is 0 Å². The number of piperidine rings is 2. The lowest BCUT2D eigenvalue weighted by Crippen LogP contribution is -2.53. The average Bonchev–Trinajstić information content (AvgIpc) is 2.37. The molecule has 0 bridgehead atoms. The van der Waals surface area contributed by atoms with Crippen molar-refractivity contribution in [1.82, 2.24) is 14.9 Å². The Bertz CT molecular complexity index is 420. The van der Waals surface area contributed by atoms with Crippen LogP contribution in [0.2, 0.25) is 0 Å². The van der Waals surface area contributed by atoms with E-state index in [9.17, 15) is 0 Å². The molecule has 3 heterocycles. The smallest absolute Gasteiger partial charge is 0.225 e. The molecule has 0 aromatic carbocycles.